The Hall–Kier alpha value is 0.389. The van der Waals surface area contributed by atoms with Crippen molar-refractivity contribution in [2.24, 2.45) is 23.2 Å². The van der Waals surface area contributed by atoms with Gasteiger partial charge in [0.15, 0.2) is 0 Å². The van der Waals surface area contributed by atoms with Crippen molar-refractivity contribution in [1.82, 2.24) is 0 Å². The van der Waals surface area contributed by atoms with Crippen molar-refractivity contribution in [2.75, 3.05) is 0 Å². The number of rotatable bonds is 0. The van der Waals surface area contributed by atoms with E-state index < -0.39 is 0 Å². The van der Waals surface area contributed by atoms with Crippen molar-refractivity contribution in [3.63, 3.8) is 0 Å². The minimum absolute atomic E-state index is 0.646. The molecule has 0 aromatic heterocycles. The van der Waals surface area contributed by atoms with Gasteiger partial charge in [-0.15, -0.1) is 0 Å². The molecule has 3 unspecified atom stereocenters. The quantitative estimate of drug-likeness (QED) is 0.542. The molecule has 0 aromatic rings. The Bertz CT molecular complexity index is 205. The van der Waals surface area contributed by atoms with E-state index in [1.807, 2.05) is 0 Å². The van der Waals surface area contributed by atoms with Gasteiger partial charge in [0, 0.05) is 0 Å². The van der Waals surface area contributed by atoms with E-state index in [4.69, 9.17) is 0 Å². The normalized spacial score (nSPS) is 46.8. The van der Waals surface area contributed by atoms with Gasteiger partial charge in [0.2, 0.25) is 0 Å². The van der Waals surface area contributed by atoms with Crippen LogP contribution in [0.25, 0.3) is 0 Å². The van der Waals surface area contributed by atoms with Crippen molar-refractivity contribution in [1.29, 1.82) is 0 Å². The molecule has 3 aliphatic rings. The average Bonchev–Trinajstić information content (AvgIpc) is 1.93. The maximum absolute atomic E-state index is 3.24. The van der Waals surface area contributed by atoms with Crippen molar-refractivity contribution in [2.45, 2.75) is 33.6 Å². The SMILES string of the molecule is CC1C(=[Se])CC2CC1C2(C)C. The van der Waals surface area contributed by atoms with Crippen LogP contribution in [0, 0.1) is 23.2 Å². The third-order valence-corrected chi connectivity index (χ3v) is 5.24. The Balaban J connectivity index is 2.23. The van der Waals surface area contributed by atoms with Gasteiger partial charge in [-0.2, -0.15) is 0 Å². The van der Waals surface area contributed by atoms with Gasteiger partial charge in [0.1, 0.15) is 0 Å². The second-order valence-corrected chi connectivity index (χ2v) is 5.92. The standard InChI is InChI=1S/C10H16Se/c1-6-8-4-7(5-9(6)11)10(8,2)3/h6-8H,4-5H2,1-3H3. The first-order chi connectivity index (χ1) is 5.03. The van der Waals surface area contributed by atoms with Crippen LogP contribution >= 0.6 is 0 Å². The Morgan fingerprint density at radius 1 is 1.45 bits per heavy atom. The van der Waals surface area contributed by atoms with E-state index in [0.29, 0.717) is 5.41 Å². The predicted octanol–water partition coefficient (Wildman–Crippen LogP) is 2.03. The summed E-state index contributed by atoms with van der Waals surface area (Å²) >= 11 is 3.24. The molecule has 0 aromatic carbocycles. The molecule has 11 heavy (non-hydrogen) atoms. The van der Waals surface area contributed by atoms with E-state index >= 15 is 0 Å². The van der Waals surface area contributed by atoms with E-state index in [1.54, 1.807) is 4.42 Å². The van der Waals surface area contributed by atoms with Gasteiger partial charge < -0.3 is 0 Å². The first-order valence-electron chi connectivity index (χ1n) is 4.56. The summed E-state index contributed by atoms with van der Waals surface area (Å²) in [5.74, 6) is 2.80. The van der Waals surface area contributed by atoms with Crippen molar-refractivity contribution in [3.05, 3.63) is 0 Å². The summed E-state index contributed by atoms with van der Waals surface area (Å²) in [6, 6.07) is 0. The predicted molar refractivity (Wildman–Crippen MR) is 49.9 cm³/mol. The van der Waals surface area contributed by atoms with Gasteiger partial charge >= 0.3 is 76.8 Å². The van der Waals surface area contributed by atoms with Gasteiger partial charge in [-0.1, -0.05) is 0 Å². The van der Waals surface area contributed by atoms with Gasteiger partial charge in [-0.05, 0) is 0 Å². The molecule has 3 atom stereocenters. The third kappa shape index (κ3) is 0.907. The van der Waals surface area contributed by atoms with Crippen molar-refractivity contribution >= 4 is 20.0 Å². The molecule has 0 heterocycles. The summed E-state index contributed by atoms with van der Waals surface area (Å²) in [4.78, 5) is 0. The second kappa shape index (κ2) is 2.20. The van der Waals surface area contributed by atoms with E-state index in [1.165, 1.54) is 12.8 Å². The number of hydrogen-bond acceptors (Lipinski definition) is 0. The Morgan fingerprint density at radius 3 is 2.45 bits per heavy atom. The van der Waals surface area contributed by atoms with Crippen LogP contribution in [-0.2, 0) is 0 Å². The van der Waals surface area contributed by atoms with Gasteiger partial charge in [0.05, 0.1) is 0 Å². The molecule has 3 saturated carbocycles. The molecule has 0 N–H and O–H groups in total. The molecule has 0 nitrogen and oxygen atoms in total. The molecule has 3 fully saturated rings. The molecule has 62 valence electrons. The monoisotopic (exact) mass is 216 g/mol. The molecule has 3 aliphatic carbocycles. The molecule has 0 amide bonds. The van der Waals surface area contributed by atoms with Crippen molar-refractivity contribution in [3.8, 4) is 0 Å². The summed E-state index contributed by atoms with van der Waals surface area (Å²) in [7, 11) is 0. The zero-order chi connectivity index (χ0) is 8.22. The molecule has 1 heteroatoms. The Labute approximate surface area is 77.1 Å². The molecular weight excluding hydrogens is 199 g/mol. The zero-order valence-electron chi connectivity index (χ0n) is 7.55. The first-order valence-corrected chi connectivity index (χ1v) is 5.42. The third-order valence-electron chi connectivity index (χ3n) is 4.11. The molecule has 3 rings (SSSR count). The van der Waals surface area contributed by atoms with Crippen LogP contribution in [0.15, 0.2) is 0 Å². The van der Waals surface area contributed by atoms with Crippen LogP contribution < -0.4 is 0 Å². The molecule has 0 spiro atoms. The molecule has 0 radical (unpaired) electrons. The fourth-order valence-corrected chi connectivity index (χ4v) is 3.67. The van der Waals surface area contributed by atoms with Gasteiger partial charge in [-0.25, -0.2) is 0 Å². The van der Waals surface area contributed by atoms with Crippen LogP contribution in [0.3, 0.4) is 0 Å². The average molecular weight is 215 g/mol. The van der Waals surface area contributed by atoms with E-state index in [0.717, 1.165) is 17.8 Å². The summed E-state index contributed by atoms with van der Waals surface area (Å²) in [6.45, 7) is 7.26. The Morgan fingerprint density at radius 2 is 2.09 bits per heavy atom. The number of hydrogen-bond donors (Lipinski definition) is 0. The van der Waals surface area contributed by atoms with Crippen LogP contribution in [0.2, 0.25) is 0 Å². The topological polar surface area (TPSA) is 0 Å². The van der Waals surface area contributed by atoms with E-state index in [2.05, 4.69) is 36.3 Å². The zero-order valence-corrected chi connectivity index (χ0v) is 9.27. The Kier molecular flexibility index (Phi) is 1.60. The molecule has 0 saturated heterocycles. The number of fused-ring (bicyclic) bond motifs is 2. The molecule has 2 bridgehead atoms. The minimum atomic E-state index is 0.646. The summed E-state index contributed by atoms with van der Waals surface area (Å²) in [6.07, 6.45) is 2.84. The van der Waals surface area contributed by atoms with Gasteiger partial charge in [0.25, 0.3) is 0 Å². The summed E-state index contributed by atoms with van der Waals surface area (Å²) < 4.78 is 1.63. The van der Waals surface area contributed by atoms with E-state index in [-0.39, 0.29) is 0 Å². The second-order valence-electron chi connectivity index (χ2n) is 4.82. The van der Waals surface area contributed by atoms with Gasteiger partial charge in [-0.3, -0.25) is 0 Å². The van der Waals surface area contributed by atoms with Crippen LogP contribution in [0.4, 0.5) is 0 Å². The van der Waals surface area contributed by atoms with Crippen LogP contribution in [-0.4, -0.2) is 20.0 Å². The van der Waals surface area contributed by atoms with Crippen LogP contribution in [0.5, 0.6) is 0 Å². The molecular formula is C10H16Se. The molecule has 0 aliphatic heterocycles. The maximum atomic E-state index is 3.24. The summed E-state index contributed by atoms with van der Waals surface area (Å²) in [5, 5.41) is 0. The fraction of sp³-hybridized carbons (Fsp3) is 0.900. The van der Waals surface area contributed by atoms with Crippen molar-refractivity contribution < 1.29 is 0 Å². The first kappa shape index (κ1) is 8.01. The summed E-state index contributed by atoms with van der Waals surface area (Å²) in [5.41, 5.74) is 0.646. The van der Waals surface area contributed by atoms with E-state index in [9.17, 15) is 0 Å². The van der Waals surface area contributed by atoms with Crippen LogP contribution in [0.1, 0.15) is 33.6 Å². The fourth-order valence-electron chi connectivity index (χ4n) is 2.90.